The first-order chi connectivity index (χ1) is 29.3. The molecule has 3 aliphatic carbocycles. The van der Waals surface area contributed by atoms with E-state index in [2.05, 4.69) is 44.7 Å². The van der Waals surface area contributed by atoms with Crippen molar-refractivity contribution >= 4 is 11.6 Å². The standard InChI is InChI=1S/C51H66N2O7/c1-5-29-57-51-47(53(4)48(56)26-22-37-15-9-10-16-37)33-45(52-58-34-38-17-7-6-8-18-38)43-31-39(19-11-13-27-54)42(20-12-14-28-55)49(50(43)51)44-32-41(24-25-46(44)60-51)59-40-23-21-35(2)36(3)30-40/h5-8,17-18,21,23-25,30-32,37,39,42,47,49-50,54-55H,1,9-16,19-20,22,26-29,33-34H2,2-4H3/t39-,42+,47-,49+,50+,51+/m0/s1. The zero-order chi connectivity index (χ0) is 42.1. The van der Waals surface area contributed by atoms with E-state index < -0.39 is 11.8 Å². The van der Waals surface area contributed by atoms with E-state index in [0.717, 1.165) is 65.8 Å². The highest BCUT2D eigenvalue weighted by molar-refractivity contribution is 6.03. The Morgan fingerprint density at radius 1 is 0.933 bits per heavy atom. The molecule has 3 aromatic carbocycles. The van der Waals surface area contributed by atoms with Gasteiger partial charge in [-0.05, 0) is 116 Å². The Morgan fingerprint density at radius 2 is 1.67 bits per heavy atom. The number of carbonyl (C=O) groups excluding carboxylic acids is 1. The summed E-state index contributed by atoms with van der Waals surface area (Å²) in [6, 6.07) is 21.8. The summed E-state index contributed by atoms with van der Waals surface area (Å²) in [4.78, 5) is 22.5. The summed E-state index contributed by atoms with van der Waals surface area (Å²) in [6.45, 7) is 9.06. The Bertz CT molecular complexity index is 1970. The van der Waals surface area contributed by atoms with Gasteiger partial charge in [-0.1, -0.05) is 92.2 Å². The number of nitrogens with zero attached hydrogens (tertiary/aromatic N) is 2. The van der Waals surface area contributed by atoms with Crippen molar-refractivity contribution in [2.75, 3.05) is 26.9 Å². The van der Waals surface area contributed by atoms with Crippen molar-refractivity contribution in [3.8, 4) is 17.2 Å². The molecule has 0 saturated heterocycles. The molecule has 0 radical (unpaired) electrons. The summed E-state index contributed by atoms with van der Waals surface area (Å²) in [6.07, 6.45) is 15.6. The van der Waals surface area contributed by atoms with Crippen LogP contribution in [0.15, 0.2) is 96.2 Å². The molecule has 7 rings (SSSR count). The number of carbonyl (C=O) groups is 1. The second-order valence-corrected chi connectivity index (χ2v) is 17.6. The number of hydrogen-bond donors (Lipinski definition) is 2. The molecule has 1 amide bonds. The molecule has 4 aliphatic rings. The van der Waals surface area contributed by atoms with Gasteiger partial charge in [0.2, 0.25) is 11.7 Å². The number of hydrogen-bond acceptors (Lipinski definition) is 8. The lowest BCUT2D eigenvalue weighted by Gasteiger charge is -2.59. The number of oxime groups is 1. The number of rotatable bonds is 20. The van der Waals surface area contributed by atoms with Gasteiger partial charge in [0.05, 0.1) is 18.2 Å². The first-order valence-corrected chi connectivity index (χ1v) is 22.5. The van der Waals surface area contributed by atoms with Crippen molar-refractivity contribution in [3.63, 3.8) is 0 Å². The number of aryl methyl sites for hydroxylation is 2. The van der Waals surface area contributed by atoms with Gasteiger partial charge in [-0.15, -0.1) is 6.58 Å². The van der Waals surface area contributed by atoms with Crippen molar-refractivity contribution in [2.45, 2.75) is 122 Å². The number of aliphatic hydroxyl groups excluding tert-OH is 2. The molecule has 0 aromatic heterocycles. The molecule has 2 saturated carbocycles. The number of benzene rings is 3. The average Bonchev–Trinajstić information content (AvgIpc) is 3.79. The minimum absolute atomic E-state index is 0.0748. The number of likely N-dealkylation sites (N-methyl/N-ethyl adjacent to an activating group) is 1. The van der Waals surface area contributed by atoms with Crippen LogP contribution in [0.25, 0.3) is 0 Å². The van der Waals surface area contributed by atoms with Crippen LogP contribution in [0.4, 0.5) is 0 Å². The van der Waals surface area contributed by atoms with Gasteiger partial charge < -0.3 is 34.2 Å². The van der Waals surface area contributed by atoms with Crippen LogP contribution < -0.4 is 9.47 Å². The number of fused-ring (bicyclic) bond motifs is 2. The van der Waals surface area contributed by atoms with E-state index in [4.69, 9.17) is 24.2 Å². The Labute approximate surface area is 357 Å². The van der Waals surface area contributed by atoms with Crippen molar-refractivity contribution in [3.05, 3.63) is 113 Å². The van der Waals surface area contributed by atoms with Gasteiger partial charge >= 0.3 is 0 Å². The predicted molar refractivity (Wildman–Crippen MR) is 236 cm³/mol. The van der Waals surface area contributed by atoms with Crippen molar-refractivity contribution in [1.82, 2.24) is 4.90 Å². The minimum Gasteiger partial charge on any atom is -0.459 e. The molecule has 9 nitrogen and oxygen atoms in total. The zero-order valence-electron chi connectivity index (χ0n) is 36.0. The first-order valence-electron chi connectivity index (χ1n) is 22.5. The summed E-state index contributed by atoms with van der Waals surface area (Å²) in [7, 11) is 1.91. The van der Waals surface area contributed by atoms with Crippen LogP contribution in [0.3, 0.4) is 0 Å². The summed E-state index contributed by atoms with van der Waals surface area (Å²) >= 11 is 0. The summed E-state index contributed by atoms with van der Waals surface area (Å²) < 4.78 is 21.0. The second-order valence-electron chi connectivity index (χ2n) is 17.6. The number of ether oxygens (including phenoxy) is 3. The smallest absolute Gasteiger partial charge is 0.239 e. The molecule has 3 aromatic rings. The normalized spacial score (nSPS) is 25.2. The molecule has 2 fully saturated rings. The van der Waals surface area contributed by atoms with Crippen molar-refractivity contribution in [2.24, 2.45) is 28.8 Å². The van der Waals surface area contributed by atoms with Gasteiger partial charge in [0.25, 0.3) is 0 Å². The van der Waals surface area contributed by atoms with E-state index in [1.54, 1.807) is 6.08 Å². The molecular weight excluding hydrogens is 753 g/mol. The molecule has 2 N–H and O–H groups in total. The van der Waals surface area contributed by atoms with Crippen LogP contribution in [0, 0.1) is 37.5 Å². The molecule has 1 heterocycles. The summed E-state index contributed by atoms with van der Waals surface area (Å²) in [5, 5.41) is 24.8. The highest BCUT2D eigenvalue weighted by Gasteiger charge is 2.65. The molecular formula is C51H66N2O7. The topological polar surface area (TPSA) is 110 Å². The molecule has 60 heavy (non-hydrogen) atoms. The van der Waals surface area contributed by atoms with E-state index in [1.165, 1.54) is 31.2 Å². The van der Waals surface area contributed by atoms with Crippen LogP contribution in [-0.4, -0.2) is 65.4 Å². The quantitative estimate of drug-likeness (QED) is 0.0664. The maximum Gasteiger partial charge on any atom is 0.239 e. The SMILES string of the molecule is C=CCO[C@@]12Oc3ccc(Oc4ccc(C)c(C)c4)cc3[C@H]3[C@H](CCCCO)[C@@H](CCCCO)C=C(C(=NOCc4ccccc4)C[C@@H]1N(C)C(=O)CCC1CCCC1)[C@H]32. The Hall–Kier alpha value is -4.44. The zero-order valence-corrected chi connectivity index (χ0v) is 36.0. The number of allylic oxidation sites excluding steroid dienone is 1. The van der Waals surface area contributed by atoms with Crippen LogP contribution in [0.5, 0.6) is 17.2 Å². The Balaban J connectivity index is 1.38. The number of amides is 1. The van der Waals surface area contributed by atoms with E-state index in [1.807, 2.05) is 60.5 Å². The monoisotopic (exact) mass is 818 g/mol. The van der Waals surface area contributed by atoms with Gasteiger partial charge in [-0.2, -0.15) is 0 Å². The van der Waals surface area contributed by atoms with Crippen molar-refractivity contribution in [1.29, 1.82) is 0 Å². The second kappa shape index (κ2) is 20.4. The maximum atomic E-state index is 14.4. The lowest BCUT2D eigenvalue weighted by Crippen LogP contribution is -2.69. The molecule has 1 aliphatic heterocycles. The largest absolute Gasteiger partial charge is 0.459 e. The molecule has 6 atom stereocenters. The van der Waals surface area contributed by atoms with E-state index in [9.17, 15) is 15.0 Å². The predicted octanol–water partition coefficient (Wildman–Crippen LogP) is 10.4. The summed E-state index contributed by atoms with van der Waals surface area (Å²) in [5.74, 6) is 1.37. The van der Waals surface area contributed by atoms with Crippen molar-refractivity contribution < 1.29 is 34.1 Å². The lowest BCUT2D eigenvalue weighted by atomic mass is 9.55. The molecule has 0 bridgehead atoms. The summed E-state index contributed by atoms with van der Waals surface area (Å²) in [5.41, 5.74) is 6.24. The Kier molecular flexibility index (Phi) is 14.8. The minimum atomic E-state index is -1.27. The van der Waals surface area contributed by atoms with E-state index >= 15 is 0 Å². The fourth-order valence-electron chi connectivity index (χ4n) is 10.4. The lowest BCUT2D eigenvalue weighted by molar-refractivity contribution is -0.255. The van der Waals surface area contributed by atoms with E-state index in [-0.39, 0.29) is 49.4 Å². The van der Waals surface area contributed by atoms with Gasteiger partial charge in [-0.3, -0.25) is 4.79 Å². The van der Waals surface area contributed by atoms with Crippen LogP contribution in [0.1, 0.15) is 112 Å². The average molecular weight is 819 g/mol. The number of aliphatic hydroxyl groups is 2. The molecule has 0 spiro atoms. The fraction of sp³-hybridized carbons (Fsp3) is 0.529. The fourth-order valence-corrected chi connectivity index (χ4v) is 10.4. The highest BCUT2D eigenvalue weighted by atomic mass is 16.7. The van der Waals surface area contributed by atoms with E-state index in [0.29, 0.717) is 49.7 Å². The number of unbranched alkanes of at least 4 members (excludes halogenated alkanes) is 2. The molecule has 9 heteroatoms. The third kappa shape index (κ3) is 9.69. The van der Waals surface area contributed by atoms with Crippen LogP contribution >= 0.6 is 0 Å². The van der Waals surface area contributed by atoms with Gasteiger partial charge in [0.15, 0.2) is 0 Å². The molecule has 0 unspecified atom stereocenters. The third-order valence-electron chi connectivity index (χ3n) is 13.7. The van der Waals surface area contributed by atoms with Crippen LogP contribution in [-0.2, 0) is 21.0 Å². The van der Waals surface area contributed by atoms with Gasteiger partial charge in [0, 0.05) is 44.6 Å². The highest BCUT2D eigenvalue weighted by Crippen LogP contribution is 2.62. The van der Waals surface area contributed by atoms with Gasteiger partial charge in [0.1, 0.15) is 29.9 Å². The molecule has 322 valence electrons. The first kappa shape index (κ1) is 43.6. The van der Waals surface area contributed by atoms with Gasteiger partial charge in [-0.25, -0.2) is 0 Å². The van der Waals surface area contributed by atoms with Crippen LogP contribution in [0.2, 0.25) is 0 Å². The maximum absolute atomic E-state index is 14.4. The Morgan fingerprint density at radius 3 is 2.40 bits per heavy atom. The third-order valence-corrected chi connectivity index (χ3v) is 13.7.